The highest BCUT2D eigenvalue weighted by Crippen LogP contribution is 2.38. The molecule has 3 rings (SSSR count). The van der Waals surface area contributed by atoms with E-state index in [1.54, 1.807) is 0 Å². The Morgan fingerprint density at radius 2 is 1.71 bits per heavy atom. The number of fused-ring (bicyclic) bond motifs is 2. The van der Waals surface area contributed by atoms with Crippen molar-refractivity contribution in [3.63, 3.8) is 0 Å². The van der Waals surface area contributed by atoms with Crippen LogP contribution in [0.5, 0.6) is 0 Å². The van der Waals surface area contributed by atoms with E-state index in [1.165, 1.54) is 27.8 Å². The molecule has 0 saturated heterocycles. The summed E-state index contributed by atoms with van der Waals surface area (Å²) in [6.45, 7) is 4.49. The highest BCUT2D eigenvalue weighted by atomic mass is 35.5. The minimum absolute atomic E-state index is 0. The third-order valence-electron chi connectivity index (χ3n) is 4.26. The van der Waals surface area contributed by atoms with Crippen molar-refractivity contribution < 1.29 is 0 Å². The normalized spacial score (nSPS) is 12.0. The van der Waals surface area contributed by atoms with Crippen LogP contribution in [0.25, 0.3) is 17.7 Å². The molecule has 1 aliphatic rings. The van der Waals surface area contributed by atoms with E-state index in [0.29, 0.717) is 0 Å². The van der Waals surface area contributed by atoms with Crippen molar-refractivity contribution in [2.24, 2.45) is 0 Å². The van der Waals surface area contributed by atoms with Gasteiger partial charge in [0.2, 0.25) is 0 Å². The van der Waals surface area contributed by atoms with Gasteiger partial charge in [-0.2, -0.15) is 0 Å². The first-order chi connectivity index (χ1) is 11.2. The SMILES string of the molecule is C.CCCC(CCC)=C1c2ccc(Cl)cc2C=Cc2cccnc21. The second kappa shape index (κ2) is 8.30. The summed E-state index contributed by atoms with van der Waals surface area (Å²) in [5.74, 6) is 0. The number of aromatic nitrogens is 1. The molecule has 24 heavy (non-hydrogen) atoms. The smallest absolute Gasteiger partial charge is 0.0780 e. The molecule has 0 N–H and O–H groups in total. The lowest BCUT2D eigenvalue weighted by Gasteiger charge is -2.17. The van der Waals surface area contributed by atoms with E-state index in [0.717, 1.165) is 36.4 Å². The molecule has 1 nitrogen and oxygen atoms in total. The van der Waals surface area contributed by atoms with Crippen molar-refractivity contribution in [2.45, 2.75) is 47.0 Å². The number of pyridine rings is 1. The third-order valence-corrected chi connectivity index (χ3v) is 4.49. The maximum atomic E-state index is 6.23. The summed E-state index contributed by atoms with van der Waals surface area (Å²) in [6, 6.07) is 10.3. The number of nitrogens with zero attached hydrogens (tertiary/aromatic N) is 1. The molecule has 0 spiro atoms. The van der Waals surface area contributed by atoms with Crippen molar-refractivity contribution in [3.05, 3.63) is 69.5 Å². The van der Waals surface area contributed by atoms with E-state index in [1.807, 2.05) is 18.3 Å². The van der Waals surface area contributed by atoms with Gasteiger partial charge in [-0.15, -0.1) is 0 Å². The highest BCUT2D eigenvalue weighted by Gasteiger charge is 2.19. The predicted molar refractivity (Wildman–Crippen MR) is 107 cm³/mol. The van der Waals surface area contributed by atoms with E-state index in [9.17, 15) is 0 Å². The molecular formula is C22H26ClN. The minimum atomic E-state index is 0. The second-order valence-corrected chi connectivity index (χ2v) is 6.42. The van der Waals surface area contributed by atoms with E-state index >= 15 is 0 Å². The summed E-state index contributed by atoms with van der Waals surface area (Å²) in [5, 5.41) is 0.777. The number of hydrogen-bond donors (Lipinski definition) is 0. The molecule has 0 unspecified atom stereocenters. The van der Waals surface area contributed by atoms with Gasteiger partial charge in [0.1, 0.15) is 0 Å². The van der Waals surface area contributed by atoms with Gasteiger partial charge in [0, 0.05) is 22.4 Å². The third kappa shape index (κ3) is 3.62. The Morgan fingerprint density at radius 3 is 2.42 bits per heavy atom. The summed E-state index contributed by atoms with van der Waals surface area (Å²) >= 11 is 6.23. The number of rotatable bonds is 4. The summed E-state index contributed by atoms with van der Waals surface area (Å²) in [6.07, 6.45) is 10.7. The molecule has 1 aromatic carbocycles. The Morgan fingerprint density at radius 1 is 1.00 bits per heavy atom. The molecule has 0 fully saturated rings. The topological polar surface area (TPSA) is 12.9 Å². The molecular weight excluding hydrogens is 314 g/mol. The van der Waals surface area contributed by atoms with Crippen LogP contribution in [0.3, 0.4) is 0 Å². The molecule has 1 aliphatic carbocycles. The Labute approximate surface area is 151 Å². The fourth-order valence-corrected chi connectivity index (χ4v) is 3.48. The van der Waals surface area contributed by atoms with Gasteiger partial charge in [0.25, 0.3) is 0 Å². The van der Waals surface area contributed by atoms with Crippen molar-refractivity contribution >= 4 is 29.3 Å². The summed E-state index contributed by atoms with van der Waals surface area (Å²) < 4.78 is 0. The maximum absolute atomic E-state index is 6.23. The first-order valence-corrected chi connectivity index (χ1v) is 8.77. The fourth-order valence-electron chi connectivity index (χ4n) is 3.30. The summed E-state index contributed by atoms with van der Waals surface area (Å²) in [5.41, 5.74) is 7.51. The van der Waals surface area contributed by atoms with Gasteiger partial charge in [0.05, 0.1) is 5.69 Å². The number of allylic oxidation sites excluding steroid dienone is 1. The van der Waals surface area contributed by atoms with E-state index in [2.05, 4.69) is 44.2 Å². The van der Waals surface area contributed by atoms with Gasteiger partial charge < -0.3 is 0 Å². The molecule has 0 radical (unpaired) electrons. The zero-order valence-corrected chi connectivity index (χ0v) is 14.5. The maximum Gasteiger partial charge on any atom is 0.0780 e. The second-order valence-electron chi connectivity index (χ2n) is 5.98. The Bertz CT molecular complexity index is 763. The summed E-state index contributed by atoms with van der Waals surface area (Å²) in [7, 11) is 0. The van der Waals surface area contributed by atoms with Crippen LogP contribution in [0, 0.1) is 0 Å². The molecule has 0 amide bonds. The van der Waals surface area contributed by atoms with Crippen LogP contribution in [0.1, 0.15) is 69.3 Å². The number of halogens is 1. The summed E-state index contributed by atoms with van der Waals surface area (Å²) in [4.78, 5) is 4.73. The van der Waals surface area contributed by atoms with E-state index < -0.39 is 0 Å². The average molecular weight is 340 g/mol. The Balaban J connectivity index is 0.00000208. The molecule has 0 saturated carbocycles. The van der Waals surface area contributed by atoms with Crippen LogP contribution in [-0.4, -0.2) is 4.98 Å². The molecule has 0 aliphatic heterocycles. The van der Waals surface area contributed by atoms with Crippen LogP contribution >= 0.6 is 11.6 Å². The monoisotopic (exact) mass is 339 g/mol. The van der Waals surface area contributed by atoms with Crippen LogP contribution in [0.15, 0.2) is 42.1 Å². The molecule has 1 heterocycles. The Hall–Kier alpha value is -1.86. The number of hydrogen-bond acceptors (Lipinski definition) is 1. The van der Waals surface area contributed by atoms with Gasteiger partial charge in [-0.1, -0.05) is 75.6 Å². The zero-order chi connectivity index (χ0) is 16.2. The van der Waals surface area contributed by atoms with Gasteiger partial charge in [-0.25, -0.2) is 0 Å². The minimum Gasteiger partial charge on any atom is -0.256 e. The van der Waals surface area contributed by atoms with Crippen molar-refractivity contribution in [1.29, 1.82) is 0 Å². The molecule has 126 valence electrons. The fraction of sp³-hybridized carbons (Fsp3) is 0.318. The van der Waals surface area contributed by atoms with Crippen LogP contribution in [-0.2, 0) is 0 Å². The number of benzene rings is 1. The average Bonchev–Trinajstić information content (AvgIpc) is 2.71. The van der Waals surface area contributed by atoms with Gasteiger partial charge >= 0.3 is 0 Å². The van der Waals surface area contributed by atoms with Crippen LogP contribution in [0.2, 0.25) is 5.02 Å². The Kier molecular flexibility index (Phi) is 6.39. The largest absolute Gasteiger partial charge is 0.256 e. The van der Waals surface area contributed by atoms with Crippen LogP contribution < -0.4 is 0 Å². The van der Waals surface area contributed by atoms with E-state index in [-0.39, 0.29) is 7.43 Å². The van der Waals surface area contributed by atoms with Gasteiger partial charge in [-0.05, 0) is 42.2 Å². The first kappa shape index (κ1) is 18.5. The van der Waals surface area contributed by atoms with Gasteiger partial charge in [-0.3, -0.25) is 4.98 Å². The zero-order valence-electron chi connectivity index (χ0n) is 13.8. The molecule has 0 atom stereocenters. The predicted octanol–water partition coefficient (Wildman–Crippen LogP) is 7.26. The lowest BCUT2D eigenvalue weighted by atomic mass is 9.89. The molecule has 1 aromatic heterocycles. The quantitative estimate of drug-likeness (QED) is 0.487. The van der Waals surface area contributed by atoms with Crippen molar-refractivity contribution in [1.82, 2.24) is 4.98 Å². The first-order valence-electron chi connectivity index (χ1n) is 8.40. The standard InChI is InChI=1S/C21H22ClN.CH4/c1-3-6-15(7-4-2)20-19-12-11-18(22)14-17(19)10-9-16-8-5-13-23-21(16)20;/h5,8-14H,3-4,6-7H2,1-2H3;1H4. The lowest BCUT2D eigenvalue weighted by Crippen LogP contribution is -2.00. The lowest BCUT2D eigenvalue weighted by molar-refractivity contribution is 0.805. The van der Waals surface area contributed by atoms with E-state index in [4.69, 9.17) is 16.6 Å². The molecule has 2 heteroatoms. The van der Waals surface area contributed by atoms with Gasteiger partial charge in [0.15, 0.2) is 0 Å². The molecule has 2 aromatic rings. The highest BCUT2D eigenvalue weighted by molar-refractivity contribution is 6.30. The molecule has 0 bridgehead atoms. The van der Waals surface area contributed by atoms with Crippen LogP contribution in [0.4, 0.5) is 0 Å². The van der Waals surface area contributed by atoms with Crippen molar-refractivity contribution in [3.8, 4) is 0 Å². The van der Waals surface area contributed by atoms with Crippen molar-refractivity contribution in [2.75, 3.05) is 0 Å².